The molecular weight excluding hydrogens is 372 g/mol. The molecule has 7 heteroatoms. The van der Waals surface area contributed by atoms with Crippen molar-refractivity contribution in [1.82, 2.24) is 0 Å². The molecule has 0 saturated heterocycles. The molecule has 0 bridgehead atoms. The zero-order valence-corrected chi connectivity index (χ0v) is 16.1. The van der Waals surface area contributed by atoms with Gasteiger partial charge in [-0.1, -0.05) is 89.1 Å². The molecule has 3 rings (SSSR count). The van der Waals surface area contributed by atoms with E-state index in [1.54, 1.807) is 25.1 Å². The van der Waals surface area contributed by atoms with Crippen molar-refractivity contribution >= 4 is 31.6 Å². The Morgan fingerprint density at radius 2 is 1.21 bits per heavy atom. The first-order chi connectivity index (χ1) is 13.6. The fraction of sp³-hybridized carbons (Fsp3) is 0.0476. The first-order valence-corrected chi connectivity index (χ1v) is 9.93. The molecule has 3 aromatic carbocycles. The average Bonchev–Trinajstić information content (AvgIpc) is 2.73. The first-order valence-electron chi connectivity index (χ1n) is 8.52. The number of carbonyl (C=O) groups excluding carboxylic acids is 2. The molecule has 6 nitrogen and oxygen atoms in total. The summed E-state index contributed by atoms with van der Waals surface area (Å²) >= 11 is 0. The SMILES string of the molecule is Cc1ccccc1OC(=O)N=NC(=O)O[Si](c1ccccc1)c1ccccc1. The van der Waals surface area contributed by atoms with Gasteiger partial charge in [0, 0.05) is 0 Å². The summed E-state index contributed by atoms with van der Waals surface area (Å²) in [5.41, 5.74) is 0.771. The van der Waals surface area contributed by atoms with Gasteiger partial charge in [-0.05, 0) is 28.9 Å². The molecule has 0 heterocycles. The van der Waals surface area contributed by atoms with Gasteiger partial charge in [0.25, 0.3) is 0 Å². The predicted molar refractivity (Wildman–Crippen MR) is 106 cm³/mol. The molecule has 0 spiro atoms. The topological polar surface area (TPSA) is 77.3 Å². The Balaban J connectivity index is 1.69. The lowest BCUT2D eigenvalue weighted by molar-refractivity contribution is 0.201. The Labute approximate surface area is 164 Å². The molecule has 0 fully saturated rings. The van der Waals surface area contributed by atoms with E-state index in [4.69, 9.17) is 9.16 Å². The van der Waals surface area contributed by atoms with Crippen LogP contribution in [0.4, 0.5) is 9.59 Å². The van der Waals surface area contributed by atoms with Gasteiger partial charge in [0.15, 0.2) is 0 Å². The third-order valence-corrected chi connectivity index (χ3v) is 5.86. The maximum absolute atomic E-state index is 12.2. The lowest BCUT2D eigenvalue weighted by Gasteiger charge is -2.13. The van der Waals surface area contributed by atoms with Gasteiger partial charge >= 0.3 is 21.2 Å². The largest absolute Gasteiger partial charge is 0.490 e. The Morgan fingerprint density at radius 3 is 1.79 bits per heavy atom. The fourth-order valence-electron chi connectivity index (χ4n) is 2.44. The number of carbonyl (C=O) groups is 2. The van der Waals surface area contributed by atoms with Crippen LogP contribution in [-0.4, -0.2) is 21.2 Å². The molecule has 0 saturated carbocycles. The number of hydrogen-bond donors (Lipinski definition) is 0. The lowest BCUT2D eigenvalue weighted by atomic mass is 10.2. The van der Waals surface area contributed by atoms with Crippen LogP contribution in [0.3, 0.4) is 0 Å². The van der Waals surface area contributed by atoms with E-state index in [1.165, 1.54) is 0 Å². The average molecular weight is 389 g/mol. The minimum Gasteiger partial charge on any atom is -0.490 e. The van der Waals surface area contributed by atoms with Crippen LogP contribution in [0.5, 0.6) is 5.75 Å². The molecule has 0 aromatic heterocycles. The molecular formula is C21H17N2O4Si. The molecule has 1 radical (unpaired) electrons. The summed E-state index contributed by atoms with van der Waals surface area (Å²) in [5.74, 6) is 0.359. The van der Waals surface area contributed by atoms with Gasteiger partial charge < -0.3 is 9.16 Å². The van der Waals surface area contributed by atoms with E-state index < -0.39 is 21.2 Å². The van der Waals surface area contributed by atoms with E-state index in [9.17, 15) is 9.59 Å². The Morgan fingerprint density at radius 1 is 0.714 bits per heavy atom. The van der Waals surface area contributed by atoms with Crippen molar-refractivity contribution in [2.24, 2.45) is 10.2 Å². The normalized spacial score (nSPS) is 10.8. The van der Waals surface area contributed by atoms with Crippen LogP contribution in [0.1, 0.15) is 5.56 Å². The van der Waals surface area contributed by atoms with Gasteiger partial charge in [-0.25, -0.2) is 9.59 Å². The zero-order valence-electron chi connectivity index (χ0n) is 15.1. The van der Waals surface area contributed by atoms with Crippen molar-refractivity contribution in [3.63, 3.8) is 0 Å². The molecule has 0 aliphatic carbocycles. The van der Waals surface area contributed by atoms with Crippen LogP contribution >= 0.6 is 0 Å². The predicted octanol–water partition coefficient (Wildman–Crippen LogP) is 3.89. The van der Waals surface area contributed by atoms with E-state index in [1.807, 2.05) is 66.7 Å². The summed E-state index contributed by atoms with van der Waals surface area (Å²) in [5, 5.41) is 8.42. The summed E-state index contributed by atoms with van der Waals surface area (Å²) < 4.78 is 10.6. The molecule has 139 valence electrons. The number of ether oxygens (including phenoxy) is 1. The number of aryl methyl sites for hydroxylation is 1. The number of rotatable bonds is 4. The third kappa shape index (κ3) is 5.21. The highest BCUT2D eigenvalue weighted by molar-refractivity contribution is 6.81. The minimum absolute atomic E-state index is 0.359. The number of benzene rings is 3. The van der Waals surface area contributed by atoms with Gasteiger partial charge in [0.2, 0.25) is 0 Å². The van der Waals surface area contributed by atoms with Crippen LogP contribution in [0.25, 0.3) is 0 Å². The van der Waals surface area contributed by atoms with Gasteiger partial charge in [0.05, 0.1) is 0 Å². The lowest BCUT2D eigenvalue weighted by Crippen LogP contribution is -2.45. The molecule has 0 unspecified atom stereocenters. The Bertz CT molecular complexity index is 938. The van der Waals surface area contributed by atoms with E-state index in [0.29, 0.717) is 5.75 Å². The number of azo groups is 1. The summed E-state index contributed by atoms with van der Waals surface area (Å²) in [6.07, 6.45) is -1.93. The van der Waals surface area contributed by atoms with Crippen molar-refractivity contribution in [2.75, 3.05) is 0 Å². The summed E-state index contributed by atoms with van der Waals surface area (Å²) in [6.45, 7) is 1.79. The first kappa shape index (κ1) is 19.2. The number of nitrogens with zero attached hydrogens (tertiary/aromatic N) is 2. The molecule has 28 heavy (non-hydrogen) atoms. The second kappa shape index (κ2) is 9.38. The zero-order chi connectivity index (χ0) is 19.8. The van der Waals surface area contributed by atoms with E-state index >= 15 is 0 Å². The van der Waals surface area contributed by atoms with E-state index in [0.717, 1.165) is 15.9 Å². The number of hydrogen-bond acceptors (Lipinski definition) is 4. The van der Waals surface area contributed by atoms with Crippen molar-refractivity contribution in [3.8, 4) is 5.75 Å². The van der Waals surface area contributed by atoms with Crippen LogP contribution in [0.15, 0.2) is 95.2 Å². The van der Waals surface area contributed by atoms with Gasteiger partial charge in [-0.2, -0.15) is 0 Å². The van der Waals surface area contributed by atoms with Gasteiger partial charge in [0.1, 0.15) is 5.75 Å². The van der Waals surface area contributed by atoms with Gasteiger partial charge in [-0.15, -0.1) is 0 Å². The van der Waals surface area contributed by atoms with Crippen molar-refractivity contribution in [3.05, 3.63) is 90.5 Å². The van der Waals surface area contributed by atoms with Crippen molar-refractivity contribution in [1.29, 1.82) is 0 Å². The molecule has 0 aliphatic rings. The second-order valence-corrected chi connectivity index (χ2v) is 7.78. The molecule has 0 N–H and O–H groups in total. The van der Waals surface area contributed by atoms with Gasteiger partial charge in [-0.3, -0.25) is 0 Å². The van der Waals surface area contributed by atoms with Crippen LogP contribution in [0, 0.1) is 6.92 Å². The minimum atomic E-state index is -1.87. The Hall–Kier alpha value is -3.58. The maximum atomic E-state index is 12.2. The second-order valence-electron chi connectivity index (χ2n) is 5.76. The van der Waals surface area contributed by atoms with E-state index in [2.05, 4.69) is 10.2 Å². The molecule has 2 amide bonds. The molecule has 0 aliphatic heterocycles. The third-order valence-electron chi connectivity index (χ3n) is 3.77. The van der Waals surface area contributed by atoms with E-state index in [-0.39, 0.29) is 0 Å². The van der Waals surface area contributed by atoms with Crippen LogP contribution in [0.2, 0.25) is 0 Å². The maximum Gasteiger partial charge on any atom is 0.458 e. The highest BCUT2D eigenvalue weighted by Crippen LogP contribution is 2.16. The molecule has 3 aromatic rings. The van der Waals surface area contributed by atoms with Crippen molar-refractivity contribution in [2.45, 2.75) is 6.92 Å². The highest BCUT2D eigenvalue weighted by atomic mass is 28.3. The van der Waals surface area contributed by atoms with Crippen LogP contribution in [-0.2, 0) is 4.43 Å². The number of para-hydroxylation sites is 1. The standard InChI is InChI=1S/C21H17N2O4Si/c1-16-10-8-9-15-19(16)26-20(24)22-23-21(25)27-28(17-11-4-2-5-12-17)18-13-6-3-7-14-18/h2-15H,1H3. The Kier molecular flexibility index (Phi) is 6.43. The monoisotopic (exact) mass is 389 g/mol. The summed E-state index contributed by atoms with van der Waals surface area (Å²) in [7, 11) is -1.87. The fourth-order valence-corrected chi connectivity index (χ4v) is 4.21. The summed E-state index contributed by atoms with van der Waals surface area (Å²) in [4.78, 5) is 24.0. The number of amides is 2. The highest BCUT2D eigenvalue weighted by Gasteiger charge is 2.24. The summed E-state index contributed by atoms with van der Waals surface area (Å²) in [6, 6.07) is 25.8. The van der Waals surface area contributed by atoms with Crippen molar-refractivity contribution < 1.29 is 18.8 Å². The quantitative estimate of drug-likeness (QED) is 0.501. The molecule has 0 atom stereocenters. The smallest absolute Gasteiger partial charge is 0.458 e. The van der Waals surface area contributed by atoms with Crippen LogP contribution < -0.4 is 15.1 Å².